The van der Waals surface area contributed by atoms with Crippen molar-refractivity contribution in [3.63, 3.8) is 0 Å². The standard InChI is InChI=1S/C32H34F9NO4/c1-16(17(2)19-4-6-20(7-5-19)28(43)44)10-21-8-9-24(30(33,34)35)13-23(21)15-42-18(3)27(46-29(42)45)22-11-25(31(36,37)38)14-26(12-22)32(39,40)41/h8-9,11-14,16-20,27H,4-7,10,15H2,1-3H3,(H,43,44). The van der Waals surface area contributed by atoms with Crippen LogP contribution < -0.4 is 0 Å². The van der Waals surface area contributed by atoms with E-state index in [9.17, 15) is 54.2 Å². The number of carboxylic acid groups (broad SMARTS) is 1. The number of aliphatic carboxylic acids is 1. The third-order valence-electron chi connectivity index (χ3n) is 9.51. The van der Waals surface area contributed by atoms with Gasteiger partial charge in [-0.05, 0) is 104 Å². The molecule has 4 atom stereocenters. The van der Waals surface area contributed by atoms with Gasteiger partial charge in [0.05, 0.1) is 28.7 Å². The molecule has 254 valence electrons. The first-order valence-electron chi connectivity index (χ1n) is 14.8. The van der Waals surface area contributed by atoms with E-state index in [2.05, 4.69) is 0 Å². The monoisotopic (exact) mass is 667 g/mol. The highest BCUT2D eigenvalue weighted by atomic mass is 19.4. The molecule has 14 heteroatoms. The van der Waals surface area contributed by atoms with E-state index in [-0.39, 0.29) is 29.4 Å². The van der Waals surface area contributed by atoms with Crippen LogP contribution >= 0.6 is 0 Å². The van der Waals surface area contributed by atoms with Crippen LogP contribution in [0.15, 0.2) is 36.4 Å². The highest BCUT2D eigenvalue weighted by Gasteiger charge is 2.44. The summed E-state index contributed by atoms with van der Waals surface area (Å²) >= 11 is 0. The summed E-state index contributed by atoms with van der Waals surface area (Å²) in [6, 6.07) is 2.90. The van der Waals surface area contributed by atoms with E-state index in [1.54, 1.807) is 0 Å². The lowest BCUT2D eigenvalue weighted by molar-refractivity contribution is -0.144. The van der Waals surface area contributed by atoms with Crippen molar-refractivity contribution in [2.75, 3.05) is 0 Å². The largest absolute Gasteiger partial charge is 0.481 e. The summed E-state index contributed by atoms with van der Waals surface area (Å²) in [4.78, 5) is 25.3. The van der Waals surface area contributed by atoms with Crippen LogP contribution in [0.2, 0.25) is 0 Å². The molecule has 2 aromatic rings. The molecular formula is C32H34F9NO4. The molecule has 0 spiro atoms. The molecule has 5 nitrogen and oxygen atoms in total. The number of hydrogen-bond acceptors (Lipinski definition) is 3. The first kappa shape index (κ1) is 35.4. The van der Waals surface area contributed by atoms with Gasteiger partial charge in [-0.25, -0.2) is 4.79 Å². The lowest BCUT2D eigenvalue weighted by Crippen LogP contribution is -2.32. The molecule has 46 heavy (non-hydrogen) atoms. The Morgan fingerprint density at radius 2 is 1.39 bits per heavy atom. The van der Waals surface area contributed by atoms with E-state index in [0.717, 1.165) is 17.0 Å². The van der Waals surface area contributed by atoms with Crippen LogP contribution in [0, 0.1) is 23.7 Å². The molecule has 0 radical (unpaired) electrons. The molecule has 2 aliphatic rings. The van der Waals surface area contributed by atoms with Crippen molar-refractivity contribution < 1.29 is 58.9 Å². The molecule has 1 N–H and O–H groups in total. The maximum Gasteiger partial charge on any atom is 0.416 e. The Kier molecular flexibility index (Phi) is 9.99. The van der Waals surface area contributed by atoms with Gasteiger partial charge in [0, 0.05) is 6.54 Å². The highest BCUT2D eigenvalue weighted by molar-refractivity contribution is 5.71. The summed E-state index contributed by atoms with van der Waals surface area (Å²) in [5.74, 6) is -0.981. The third kappa shape index (κ3) is 7.91. The molecule has 4 unspecified atom stereocenters. The Morgan fingerprint density at radius 1 is 0.848 bits per heavy atom. The molecule has 1 heterocycles. The number of halogens is 9. The molecule has 0 bridgehead atoms. The van der Waals surface area contributed by atoms with Crippen molar-refractivity contribution in [2.24, 2.45) is 23.7 Å². The van der Waals surface area contributed by atoms with E-state index >= 15 is 0 Å². The number of cyclic esters (lactones) is 1. The Morgan fingerprint density at radius 3 is 1.89 bits per heavy atom. The number of carbonyl (C=O) groups is 2. The van der Waals surface area contributed by atoms with Crippen LogP contribution in [0.25, 0.3) is 0 Å². The number of hydrogen-bond donors (Lipinski definition) is 1. The van der Waals surface area contributed by atoms with Crippen molar-refractivity contribution >= 4 is 12.1 Å². The zero-order valence-corrected chi connectivity index (χ0v) is 25.2. The zero-order valence-electron chi connectivity index (χ0n) is 25.2. The van der Waals surface area contributed by atoms with Gasteiger partial charge < -0.3 is 9.84 Å². The molecule has 1 amide bonds. The van der Waals surface area contributed by atoms with Gasteiger partial charge in [-0.3, -0.25) is 9.69 Å². The summed E-state index contributed by atoms with van der Waals surface area (Å²) in [5, 5.41) is 9.29. The van der Waals surface area contributed by atoms with Crippen molar-refractivity contribution in [1.82, 2.24) is 4.90 Å². The highest BCUT2D eigenvalue weighted by Crippen LogP contribution is 2.42. The van der Waals surface area contributed by atoms with Crippen LogP contribution in [0.3, 0.4) is 0 Å². The molecule has 2 aromatic carbocycles. The molecule has 1 aliphatic carbocycles. The van der Waals surface area contributed by atoms with Gasteiger partial charge in [-0.1, -0.05) is 19.9 Å². The van der Waals surface area contributed by atoms with Crippen LogP contribution in [0.4, 0.5) is 44.3 Å². The number of nitrogens with zero attached hydrogens (tertiary/aromatic N) is 1. The number of benzene rings is 2. The van der Waals surface area contributed by atoms with Crippen LogP contribution in [-0.2, 0) is 41.0 Å². The third-order valence-corrected chi connectivity index (χ3v) is 9.51. The number of carbonyl (C=O) groups excluding carboxylic acids is 1. The Balaban J connectivity index is 1.60. The maximum absolute atomic E-state index is 13.7. The first-order valence-corrected chi connectivity index (χ1v) is 14.8. The fourth-order valence-electron chi connectivity index (χ4n) is 6.52. The van der Waals surface area contributed by atoms with Gasteiger partial charge in [0.15, 0.2) is 0 Å². The van der Waals surface area contributed by atoms with Gasteiger partial charge in [0.25, 0.3) is 0 Å². The average molecular weight is 668 g/mol. The number of ether oxygens (including phenoxy) is 1. The summed E-state index contributed by atoms with van der Waals surface area (Å²) in [5.41, 5.74) is -4.09. The second-order valence-electron chi connectivity index (χ2n) is 12.5. The predicted octanol–water partition coefficient (Wildman–Crippen LogP) is 9.53. The second-order valence-corrected chi connectivity index (χ2v) is 12.5. The number of alkyl halides is 9. The summed E-state index contributed by atoms with van der Waals surface area (Å²) in [6.45, 7) is 4.86. The van der Waals surface area contributed by atoms with E-state index < -0.39 is 77.5 Å². The van der Waals surface area contributed by atoms with Crippen LogP contribution in [-0.4, -0.2) is 28.1 Å². The minimum absolute atomic E-state index is 0.0441. The summed E-state index contributed by atoms with van der Waals surface area (Å²) in [6.07, 6.45) is -14.8. The Bertz CT molecular complexity index is 1400. The minimum Gasteiger partial charge on any atom is -0.481 e. The molecule has 1 saturated heterocycles. The second kappa shape index (κ2) is 13.0. The lowest BCUT2D eigenvalue weighted by Gasteiger charge is -2.34. The smallest absolute Gasteiger partial charge is 0.416 e. The zero-order chi connectivity index (χ0) is 34.4. The normalized spacial score (nSPS) is 24.1. The average Bonchev–Trinajstić information content (AvgIpc) is 3.24. The number of amides is 1. The molecule has 4 rings (SSSR count). The van der Waals surface area contributed by atoms with Crippen LogP contribution in [0.1, 0.15) is 85.9 Å². The topological polar surface area (TPSA) is 66.8 Å². The van der Waals surface area contributed by atoms with Crippen molar-refractivity contribution in [3.8, 4) is 0 Å². The molecule has 2 fully saturated rings. The van der Waals surface area contributed by atoms with E-state index in [1.165, 1.54) is 13.0 Å². The van der Waals surface area contributed by atoms with E-state index in [0.29, 0.717) is 49.8 Å². The lowest BCUT2D eigenvalue weighted by atomic mass is 9.71. The fourth-order valence-corrected chi connectivity index (χ4v) is 6.52. The van der Waals surface area contributed by atoms with Crippen molar-refractivity contribution in [1.29, 1.82) is 0 Å². The molecular weight excluding hydrogens is 633 g/mol. The molecule has 1 saturated carbocycles. The quantitative estimate of drug-likeness (QED) is 0.285. The van der Waals surface area contributed by atoms with Crippen molar-refractivity contribution in [3.05, 3.63) is 69.8 Å². The van der Waals surface area contributed by atoms with Gasteiger partial charge in [-0.2, -0.15) is 39.5 Å². The molecule has 0 aromatic heterocycles. The van der Waals surface area contributed by atoms with E-state index in [4.69, 9.17) is 4.74 Å². The van der Waals surface area contributed by atoms with Gasteiger partial charge in [-0.15, -0.1) is 0 Å². The molecule has 1 aliphatic heterocycles. The number of carboxylic acids is 1. The van der Waals surface area contributed by atoms with Crippen LogP contribution in [0.5, 0.6) is 0 Å². The predicted molar refractivity (Wildman–Crippen MR) is 147 cm³/mol. The SMILES string of the molecule is CC(Cc1ccc(C(F)(F)F)cc1CN1C(=O)OC(c2cc(C(F)(F)F)cc(C(F)(F)F)c2)C1C)C(C)C1CCC(C(=O)O)CC1. The van der Waals surface area contributed by atoms with Gasteiger partial charge in [0.2, 0.25) is 0 Å². The first-order chi connectivity index (χ1) is 21.2. The Labute approximate surface area is 259 Å². The summed E-state index contributed by atoms with van der Waals surface area (Å²) in [7, 11) is 0. The summed E-state index contributed by atoms with van der Waals surface area (Å²) < 4.78 is 127. The van der Waals surface area contributed by atoms with Crippen molar-refractivity contribution in [2.45, 2.75) is 90.1 Å². The fraction of sp³-hybridized carbons (Fsp3) is 0.562. The minimum atomic E-state index is -5.13. The Hall–Kier alpha value is -3.45. The number of rotatable bonds is 8. The maximum atomic E-state index is 13.7. The van der Waals surface area contributed by atoms with E-state index in [1.807, 2.05) is 13.8 Å². The van der Waals surface area contributed by atoms with Gasteiger partial charge >= 0.3 is 30.6 Å². The van der Waals surface area contributed by atoms with Gasteiger partial charge in [0.1, 0.15) is 6.10 Å².